The Balaban J connectivity index is 1.75. The average Bonchev–Trinajstić information content (AvgIpc) is 2.86. The van der Waals surface area contributed by atoms with Crippen LogP contribution < -0.4 is 5.56 Å². The van der Waals surface area contributed by atoms with Gasteiger partial charge in [-0.05, 0) is 32.4 Å². The summed E-state index contributed by atoms with van der Waals surface area (Å²) in [5, 5.41) is 4.31. The lowest BCUT2D eigenvalue weighted by Crippen LogP contribution is -2.16. The van der Waals surface area contributed by atoms with E-state index >= 15 is 0 Å². The van der Waals surface area contributed by atoms with Crippen LogP contribution in [0.4, 0.5) is 0 Å². The van der Waals surface area contributed by atoms with E-state index in [9.17, 15) is 9.59 Å². The van der Waals surface area contributed by atoms with Crippen LogP contribution in [0.25, 0.3) is 10.9 Å². The summed E-state index contributed by atoms with van der Waals surface area (Å²) in [6, 6.07) is 5.39. The van der Waals surface area contributed by atoms with Crippen molar-refractivity contribution in [2.75, 3.05) is 0 Å². The van der Waals surface area contributed by atoms with Crippen LogP contribution in [0, 0.1) is 20.8 Å². The third-order valence-corrected chi connectivity index (χ3v) is 3.86. The molecule has 2 heterocycles. The van der Waals surface area contributed by atoms with Crippen LogP contribution in [0.5, 0.6) is 0 Å². The molecule has 0 fully saturated rings. The molecule has 2 aromatic heterocycles. The Morgan fingerprint density at radius 1 is 1.29 bits per heavy atom. The van der Waals surface area contributed by atoms with Crippen molar-refractivity contribution in [1.29, 1.82) is 0 Å². The van der Waals surface area contributed by atoms with Gasteiger partial charge in [0.15, 0.2) is 0 Å². The lowest BCUT2D eigenvalue weighted by molar-refractivity contribution is -0.144. The van der Waals surface area contributed by atoms with Crippen molar-refractivity contribution in [2.45, 2.75) is 33.8 Å². The van der Waals surface area contributed by atoms with Gasteiger partial charge in [0.05, 0.1) is 23.0 Å². The number of nitrogens with one attached hydrogen (secondary N) is 1. The van der Waals surface area contributed by atoms with Crippen molar-refractivity contribution in [3.8, 4) is 0 Å². The summed E-state index contributed by atoms with van der Waals surface area (Å²) in [4.78, 5) is 31.1. The van der Waals surface area contributed by atoms with Gasteiger partial charge in [-0.25, -0.2) is 4.98 Å². The Morgan fingerprint density at radius 2 is 2.08 bits per heavy atom. The van der Waals surface area contributed by atoms with E-state index in [4.69, 9.17) is 9.26 Å². The zero-order chi connectivity index (χ0) is 17.3. The molecule has 0 saturated carbocycles. The SMILES string of the molecule is Cc1noc(C)c1CC(=O)OCc1nc2c(C)cccc2c(=O)[nH]1. The molecule has 1 N–H and O–H groups in total. The number of aromatic amines is 1. The first-order valence-corrected chi connectivity index (χ1v) is 7.51. The molecule has 124 valence electrons. The molecule has 3 rings (SSSR count). The van der Waals surface area contributed by atoms with Gasteiger partial charge in [-0.2, -0.15) is 0 Å². The van der Waals surface area contributed by atoms with Gasteiger partial charge in [0, 0.05) is 5.56 Å². The minimum Gasteiger partial charge on any atom is -0.457 e. The minimum atomic E-state index is -0.433. The Morgan fingerprint density at radius 3 is 2.79 bits per heavy atom. The molecule has 0 aliphatic heterocycles. The number of hydrogen-bond acceptors (Lipinski definition) is 6. The summed E-state index contributed by atoms with van der Waals surface area (Å²) in [5.74, 6) is 0.475. The molecule has 0 spiro atoms. The molecule has 0 saturated heterocycles. The van der Waals surface area contributed by atoms with Crippen LogP contribution in [-0.2, 0) is 22.6 Å². The average molecular weight is 327 g/mol. The molecular weight excluding hydrogens is 310 g/mol. The van der Waals surface area contributed by atoms with Crippen LogP contribution in [0.1, 0.15) is 28.4 Å². The van der Waals surface area contributed by atoms with E-state index in [1.807, 2.05) is 13.0 Å². The van der Waals surface area contributed by atoms with Crippen LogP contribution in [0.3, 0.4) is 0 Å². The fourth-order valence-corrected chi connectivity index (χ4v) is 2.52. The molecule has 0 radical (unpaired) electrons. The molecule has 7 heteroatoms. The summed E-state index contributed by atoms with van der Waals surface area (Å²) in [6.45, 7) is 5.29. The van der Waals surface area contributed by atoms with Gasteiger partial charge >= 0.3 is 5.97 Å². The Labute approximate surface area is 137 Å². The number of ether oxygens (including phenoxy) is 1. The van der Waals surface area contributed by atoms with Gasteiger partial charge < -0.3 is 14.2 Å². The summed E-state index contributed by atoms with van der Waals surface area (Å²) in [6.07, 6.45) is 0.0675. The number of para-hydroxylation sites is 1. The number of carbonyl (C=O) groups is 1. The quantitative estimate of drug-likeness (QED) is 0.737. The van der Waals surface area contributed by atoms with E-state index in [0.29, 0.717) is 28.2 Å². The van der Waals surface area contributed by atoms with E-state index in [1.165, 1.54) is 0 Å². The maximum absolute atomic E-state index is 12.1. The second-order valence-corrected chi connectivity index (χ2v) is 5.62. The van der Waals surface area contributed by atoms with E-state index in [2.05, 4.69) is 15.1 Å². The molecule has 7 nitrogen and oxygen atoms in total. The first kappa shape index (κ1) is 15.9. The largest absolute Gasteiger partial charge is 0.457 e. The van der Waals surface area contributed by atoms with Crippen LogP contribution in [-0.4, -0.2) is 21.1 Å². The molecule has 0 atom stereocenters. The smallest absolute Gasteiger partial charge is 0.310 e. The van der Waals surface area contributed by atoms with E-state index in [0.717, 1.165) is 11.1 Å². The lowest BCUT2D eigenvalue weighted by Gasteiger charge is -2.06. The second-order valence-electron chi connectivity index (χ2n) is 5.62. The van der Waals surface area contributed by atoms with E-state index in [1.54, 1.807) is 26.0 Å². The zero-order valence-electron chi connectivity index (χ0n) is 13.7. The highest BCUT2D eigenvalue weighted by molar-refractivity contribution is 5.80. The summed E-state index contributed by atoms with van der Waals surface area (Å²) in [7, 11) is 0. The molecule has 3 aromatic rings. The van der Waals surface area contributed by atoms with Crippen molar-refractivity contribution in [3.05, 3.63) is 57.0 Å². The van der Waals surface area contributed by atoms with Gasteiger partial charge in [0.25, 0.3) is 5.56 Å². The van der Waals surface area contributed by atoms with Crippen LogP contribution >= 0.6 is 0 Å². The Bertz CT molecular complexity index is 952. The minimum absolute atomic E-state index is 0.0675. The number of aromatic nitrogens is 3. The first-order valence-electron chi connectivity index (χ1n) is 7.51. The number of aryl methyl sites for hydroxylation is 3. The normalized spacial score (nSPS) is 11.0. The highest BCUT2D eigenvalue weighted by Crippen LogP contribution is 2.14. The molecule has 0 unspecified atom stereocenters. The summed E-state index contributed by atoms with van der Waals surface area (Å²) < 4.78 is 10.2. The van der Waals surface area contributed by atoms with Gasteiger partial charge in [0.1, 0.15) is 18.2 Å². The summed E-state index contributed by atoms with van der Waals surface area (Å²) >= 11 is 0. The maximum atomic E-state index is 12.1. The molecule has 0 bridgehead atoms. The monoisotopic (exact) mass is 327 g/mol. The van der Waals surface area contributed by atoms with Gasteiger partial charge in [0.2, 0.25) is 0 Å². The molecule has 24 heavy (non-hydrogen) atoms. The van der Waals surface area contributed by atoms with Crippen molar-refractivity contribution in [2.24, 2.45) is 0 Å². The molecule has 0 amide bonds. The molecule has 0 aliphatic carbocycles. The number of hydrogen-bond donors (Lipinski definition) is 1. The van der Waals surface area contributed by atoms with Gasteiger partial charge in [-0.1, -0.05) is 17.3 Å². The first-order chi connectivity index (χ1) is 11.5. The highest BCUT2D eigenvalue weighted by Gasteiger charge is 2.15. The van der Waals surface area contributed by atoms with Crippen molar-refractivity contribution < 1.29 is 14.1 Å². The fraction of sp³-hybridized carbons (Fsp3) is 0.294. The van der Waals surface area contributed by atoms with Crippen molar-refractivity contribution >= 4 is 16.9 Å². The lowest BCUT2D eigenvalue weighted by atomic mass is 10.1. The number of benzene rings is 1. The number of nitrogens with zero attached hydrogens (tertiary/aromatic N) is 2. The molecule has 0 aliphatic rings. The Hall–Kier alpha value is -2.96. The predicted molar refractivity (Wildman–Crippen MR) is 86.6 cm³/mol. The van der Waals surface area contributed by atoms with Crippen LogP contribution in [0.15, 0.2) is 27.5 Å². The Kier molecular flexibility index (Phi) is 4.16. The predicted octanol–water partition coefficient (Wildman–Crippen LogP) is 2.12. The number of rotatable bonds is 4. The number of fused-ring (bicyclic) bond motifs is 1. The third-order valence-electron chi connectivity index (χ3n) is 3.86. The number of carbonyl (C=O) groups excluding carboxylic acids is 1. The zero-order valence-corrected chi connectivity index (χ0v) is 13.7. The third kappa shape index (κ3) is 3.05. The molecule has 1 aromatic carbocycles. The van der Waals surface area contributed by atoms with Gasteiger partial charge in [-0.3, -0.25) is 9.59 Å². The maximum Gasteiger partial charge on any atom is 0.310 e. The summed E-state index contributed by atoms with van der Waals surface area (Å²) in [5.41, 5.74) is 2.63. The fourth-order valence-electron chi connectivity index (χ4n) is 2.52. The number of H-pyrrole nitrogens is 1. The van der Waals surface area contributed by atoms with Crippen LogP contribution in [0.2, 0.25) is 0 Å². The number of esters is 1. The van der Waals surface area contributed by atoms with E-state index < -0.39 is 5.97 Å². The highest BCUT2D eigenvalue weighted by atomic mass is 16.5. The van der Waals surface area contributed by atoms with Gasteiger partial charge in [-0.15, -0.1) is 0 Å². The second kappa shape index (κ2) is 6.27. The topological polar surface area (TPSA) is 98.1 Å². The van der Waals surface area contributed by atoms with E-state index in [-0.39, 0.29) is 18.6 Å². The van der Waals surface area contributed by atoms with Crippen molar-refractivity contribution in [1.82, 2.24) is 15.1 Å². The molecular formula is C17H17N3O4. The van der Waals surface area contributed by atoms with Crippen molar-refractivity contribution in [3.63, 3.8) is 0 Å². The standard InChI is InChI=1S/C17H17N3O4/c1-9-5-4-6-12-16(9)18-14(19-17(12)22)8-23-15(21)7-13-10(2)20-24-11(13)3/h4-6H,7-8H2,1-3H3,(H,18,19,22).